The number of rotatable bonds is 23. The van der Waals surface area contributed by atoms with E-state index in [1.54, 1.807) is 0 Å². The van der Waals surface area contributed by atoms with E-state index >= 15 is 0 Å². The van der Waals surface area contributed by atoms with Gasteiger partial charge in [0.05, 0.1) is 12.6 Å². The van der Waals surface area contributed by atoms with E-state index < -0.39 is 0 Å². The molecule has 0 radical (unpaired) electrons. The van der Waals surface area contributed by atoms with Gasteiger partial charge in [-0.15, -0.1) is 0 Å². The number of carbonyl (C=O) groups excluding carboxylic acids is 1. The Morgan fingerprint density at radius 2 is 1.19 bits per heavy atom. The predicted molar refractivity (Wildman–Crippen MR) is 136 cm³/mol. The molecule has 3 nitrogen and oxygen atoms in total. The van der Waals surface area contributed by atoms with Crippen molar-refractivity contribution < 1.29 is 9.90 Å². The third-order valence-electron chi connectivity index (χ3n) is 6.01. The van der Waals surface area contributed by atoms with Crippen molar-refractivity contribution in [2.24, 2.45) is 5.92 Å². The molecule has 0 saturated heterocycles. The summed E-state index contributed by atoms with van der Waals surface area (Å²) in [6.07, 6.45) is 28.5. The van der Waals surface area contributed by atoms with Crippen molar-refractivity contribution in [1.82, 2.24) is 5.32 Å². The second-order valence-corrected chi connectivity index (χ2v) is 9.83. The molecular weight excluding hydrogens is 382 g/mol. The van der Waals surface area contributed by atoms with Crippen LogP contribution in [0.15, 0.2) is 12.2 Å². The summed E-state index contributed by atoms with van der Waals surface area (Å²) in [6.45, 7) is 6.55. The van der Waals surface area contributed by atoms with Crippen molar-refractivity contribution in [2.45, 2.75) is 149 Å². The topological polar surface area (TPSA) is 49.3 Å². The summed E-state index contributed by atoms with van der Waals surface area (Å²) in [5.74, 6) is 0.588. The molecule has 0 aliphatic rings. The minimum absolute atomic E-state index is 0.0411. The average molecular weight is 438 g/mol. The van der Waals surface area contributed by atoms with Crippen LogP contribution in [-0.2, 0) is 4.79 Å². The van der Waals surface area contributed by atoms with Crippen LogP contribution in [0.5, 0.6) is 0 Å². The van der Waals surface area contributed by atoms with Gasteiger partial charge in [0.2, 0.25) is 5.91 Å². The van der Waals surface area contributed by atoms with Gasteiger partial charge in [0.15, 0.2) is 0 Å². The highest BCUT2D eigenvalue weighted by atomic mass is 16.3. The summed E-state index contributed by atoms with van der Waals surface area (Å²) in [5.41, 5.74) is 0. The summed E-state index contributed by atoms with van der Waals surface area (Å²) in [4.78, 5) is 11.9. The highest BCUT2D eigenvalue weighted by Gasteiger charge is 2.12. The zero-order valence-corrected chi connectivity index (χ0v) is 21.3. The molecule has 0 rings (SSSR count). The second-order valence-electron chi connectivity index (χ2n) is 9.83. The largest absolute Gasteiger partial charge is 0.394 e. The van der Waals surface area contributed by atoms with E-state index in [2.05, 4.69) is 38.2 Å². The number of aliphatic hydroxyl groups excluding tert-OH is 1. The Labute approximate surface area is 194 Å². The summed E-state index contributed by atoms with van der Waals surface area (Å²) < 4.78 is 0. The van der Waals surface area contributed by atoms with Crippen LogP contribution in [0.3, 0.4) is 0 Å². The van der Waals surface area contributed by atoms with Crippen LogP contribution in [0.25, 0.3) is 0 Å². The van der Waals surface area contributed by atoms with Gasteiger partial charge in [-0.2, -0.15) is 0 Å². The standard InChI is InChI=1S/C28H55NO2/c1-4-5-6-7-8-9-10-11-12-13-14-15-16-17-18-19-20-21-22-23-28(31)29-27(25-30)24-26(2)3/h11-12,26-27,30H,4-10,13-25H2,1-3H3,(H,29,31)/b12-11-. The number of aliphatic hydroxyl groups is 1. The fourth-order valence-corrected chi connectivity index (χ4v) is 4.11. The molecule has 0 saturated carbocycles. The van der Waals surface area contributed by atoms with Gasteiger partial charge >= 0.3 is 0 Å². The van der Waals surface area contributed by atoms with Crippen LogP contribution >= 0.6 is 0 Å². The number of allylic oxidation sites excluding steroid dienone is 2. The van der Waals surface area contributed by atoms with Crippen molar-refractivity contribution in [3.8, 4) is 0 Å². The predicted octanol–water partition coefficient (Wildman–Crippen LogP) is 8.11. The zero-order valence-electron chi connectivity index (χ0n) is 21.3. The van der Waals surface area contributed by atoms with Crippen molar-refractivity contribution in [3.63, 3.8) is 0 Å². The Balaban J connectivity index is 3.31. The van der Waals surface area contributed by atoms with Gasteiger partial charge < -0.3 is 10.4 Å². The van der Waals surface area contributed by atoms with Gasteiger partial charge in [-0.05, 0) is 44.4 Å². The van der Waals surface area contributed by atoms with E-state index in [1.807, 2.05) is 0 Å². The SMILES string of the molecule is CCCCCCCC/C=C\CCCCCCCCCCCC(=O)NC(CO)CC(C)C. The maximum Gasteiger partial charge on any atom is 0.220 e. The lowest BCUT2D eigenvalue weighted by molar-refractivity contribution is -0.122. The molecule has 1 unspecified atom stereocenters. The lowest BCUT2D eigenvalue weighted by atomic mass is 10.0. The van der Waals surface area contributed by atoms with Gasteiger partial charge in [-0.25, -0.2) is 0 Å². The first kappa shape index (κ1) is 30.2. The third kappa shape index (κ3) is 23.7. The first-order valence-corrected chi connectivity index (χ1v) is 13.6. The van der Waals surface area contributed by atoms with E-state index in [-0.39, 0.29) is 18.6 Å². The first-order valence-electron chi connectivity index (χ1n) is 13.6. The Morgan fingerprint density at radius 1 is 0.742 bits per heavy atom. The maximum atomic E-state index is 11.9. The molecule has 0 aromatic heterocycles. The van der Waals surface area contributed by atoms with Gasteiger partial charge in [0.1, 0.15) is 0 Å². The number of carbonyl (C=O) groups is 1. The van der Waals surface area contributed by atoms with Gasteiger partial charge in [0, 0.05) is 6.42 Å². The fourth-order valence-electron chi connectivity index (χ4n) is 4.11. The minimum atomic E-state index is -0.0803. The Kier molecular flexibility index (Phi) is 23.2. The highest BCUT2D eigenvalue weighted by molar-refractivity contribution is 5.76. The van der Waals surface area contributed by atoms with Crippen LogP contribution in [0.2, 0.25) is 0 Å². The van der Waals surface area contributed by atoms with Crippen molar-refractivity contribution in [1.29, 1.82) is 0 Å². The van der Waals surface area contributed by atoms with Crippen LogP contribution < -0.4 is 5.32 Å². The number of nitrogens with one attached hydrogen (secondary N) is 1. The molecule has 184 valence electrons. The number of amides is 1. The number of unbranched alkanes of at least 4 members (excludes halogenated alkanes) is 15. The van der Waals surface area contributed by atoms with E-state index in [4.69, 9.17) is 0 Å². The van der Waals surface area contributed by atoms with E-state index in [0.717, 1.165) is 19.3 Å². The highest BCUT2D eigenvalue weighted by Crippen LogP contribution is 2.12. The molecule has 0 fully saturated rings. The molecule has 0 bridgehead atoms. The van der Waals surface area contributed by atoms with Crippen molar-refractivity contribution in [3.05, 3.63) is 12.2 Å². The summed E-state index contributed by atoms with van der Waals surface area (Å²) >= 11 is 0. The Hall–Kier alpha value is -0.830. The molecule has 0 aromatic carbocycles. The van der Waals surface area contributed by atoms with Crippen LogP contribution in [0, 0.1) is 5.92 Å². The van der Waals surface area contributed by atoms with E-state index in [1.165, 1.54) is 96.3 Å². The van der Waals surface area contributed by atoms with E-state index in [9.17, 15) is 9.90 Å². The van der Waals surface area contributed by atoms with Crippen LogP contribution in [0.4, 0.5) is 0 Å². The van der Waals surface area contributed by atoms with Gasteiger partial charge in [-0.1, -0.05) is 110 Å². The smallest absolute Gasteiger partial charge is 0.220 e. The Morgan fingerprint density at radius 3 is 1.65 bits per heavy atom. The molecule has 1 amide bonds. The summed E-state index contributed by atoms with van der Waals surface area (Å²) in [6, 6.07) is -0.0803. The van der Waals surface area contributed by atoms with Crippen molar-refractivity contribution in [2.75, 3.05) is 6.61 Å². The number of hydrogen-bond donors (Lipinski definition) is 2. The fraction of sp³-hybridized carbons (Fsp3) is 0.893. The minimum Gasteiger partial charge on any atom is -0.394 e. The zero-order chi connectivity index (χ0) is 23.0. The summed E-state index contributed by atoms with van der Waals surface area (Å²) in [7, 11) is 0. The monoisotopic (exact) mass is 437 g/mol. The third-order valence-corrected chi connectivity index (χ3v) is 6.01. The molecule has 31 heavy (non-hydrogen) atoms. The molecule has 3 heteroatoms. The average Bonchev–Trinajstić information content (AvgIpc) is 2.74. The second kappa shape index (κ2) is 23.8. The molecule has 1 atom stereocenters. The molecule has 0 heterocycles. The molecule has 2 N–H and O–H groups in total. The van der Waals surface area contributed by atoms with Gasteiger partial charge in [0.25, 0.3) is 0 Å². The quantitative estimate of drug-likeness (QED) is 0.125. The number of hydrogen-bond acceptors (Lipinski definition) is 2. The van der Waals surface area contributed by atoms with Crippen LogP contribution in [0.1, 0.15) is 143 Å². The van der Waals surface area contributed by atoms with Crippen LogP contribution in [-0.4, -0.2) is 23.7 Å². The molecule has 0 aliphatic carbocycles. The van der Waals surface area contributed by atoms with Gasteiger partial charge in [-0.3, -0.25) is 4.79 Å². The van der Waals surface area contributed by atoms with Crippen molar-refractivity contribution >= 4 is 5.91 Å². The Bertz CT molecular complexity index is 406. The normalized spacial score (nSPS) is 12.7. The van der Waals surface area contributed by atoms with E-state index in [0.29, 0.717) is 12.3 Å². The molecular formula is C28H55NO2. The molecule has 0 aliphatic heterocycles. The first-order chi connectivity index (χ1) is 15.1. The lowest BCUT2D eigenvalue weighted by Crippen LogP contribution is -2.38. The maximum absolute atomic E-state index is 11.9. The molecule has 0 aromatic rings. The summed E-state index contributed by atoms with van der Waals surface area (Å²) in [5, 5.41) is 12.3. The molecule has 0 spiro atoms. The lowest BCUT2D eigenvalue weighted by Gasteiger charge is -2.18.